The van der Waals surface area contributed by atoms with E-state index in [-0.39, 0.29) is 19.1 Å². The van der Waals surface area contributed by atoms with Gasteiger partial charge in [0.05, 0.1) is 24.8 Å². The maximum absolute atomic E-state index is 11.7. The van der Waals surface area contributed by atoms with Crippen molar-refractivity contribution < 1.29 is 15.0 Å². The van der Waals surface area contributed by atoms with Crippen molar-refractivity contribution in [1.29, 1.82) is 0 Å². The Bertz CT molecular complexity index is 197. The van der Waals surface area contributed by atoms with Crippen LogP contribution in [-0.2, 0) is 4.79 Å². The van der Waals surface area contributed by atoms with E-state index in [0.717, 1.165) is 12.8 Å². The number of carbonyl (C=O) groups excluding carboxylic acids is 1. The predicted molar refractivity (Wildman–Crippen MR) is 62.8 cm³/mol. The summed E-state index contributed by atoms with van der Waals surface area (Å²) in [6, 6.07) is -0.566. The van der Waals surface area contributed by atoms with E-state index in [4.69, 9.17) is 15.9 Å². The Balaban J connectivity index is 4.28. The molecule has 0 saturated carbocycles. The molecule has 96 valence electrons. The number of unbranched alkanes of at least 4 members (excludes halogenated alkanes) is 1. The fourth-order valence-electron chi connectivity index (χ4n) is 1.35. The van der Waals surface area contributed by atoms with Crippen LogP contribution in [-0.4, -0.2) is 40.9 Å². The van der Waals surface area contributed by atoms with Crippen LogP contribution in [0.25, 0.3) is 0 Å². The van der Waals surface area contributed by atoms with Gasteiger partial charge in [0.1, 0.15) is 0 Å². The highest BCUT2D eigenvalue weighted by atomic mass is 16.3. The molecule has 0 bridgehead atoms. The van der Waals surface area contributed by atoms with Crippen molar-refractivity contribution in [3.8, 4) is 0 Å². The van der Waals surface area contributed by atoms with Gasteiger partial charge in [-0.25, -0.2) is 0 Å². The van der Waals surface area contributed by atoms with Crippen LogP contribution in [0.2, 0.25) is 0 Å². The van der Waals surface area contributed by atoms with Crippen LogP contribution in [0.3, 0.4) is 0 Å². The van der Waals surface area contributed by atoms with E-state index >= 15 is 0 Å². The first-order valence-corrected chi connectivity index (χ1v) is 5.84. The molecule has 0 radical (unpaired) electrons. The van der Waals surface area contributed by atoms with Crippen LogP contribution in [0.4, 0.5) is 0 Å². The molecule has 16 heavy (non-hydrogen) atoms. The fraction of sp³-hybridized carbons (Fsp3) is 0.909. The molecule has 0 heterocycles. The molecule has 5 heteroatoms. The van der Waals surface area contributed by atoms with Gasteiger partial charge in [-0.3, -0.25) is 4.79 Å². The van der Waals surface area contributed by atoms with E-state index in [2.05, 4.69) is 5.32 Å². The van der Waals surface area contributed by atoms with Crippen molar-refractivity contribution in [2.75, 3.05) is 13.2 Å². The van der Waals surface area contributed by atoms with Gasteiger partial charge in [-0.2, -0.15) is 0 Å². The highest BCUT2D eigenvalue weighted by Crippen LogP contribution is 2.09. The number of hydrogen-bond donors (Lipinski definition) is 4. The molecule has 0 aliphatic carbocycles. The van der Waals surface area contributed by atoms with Crippen molar-refractivity contribution in [1.82, 2.24) is 5.32 Å². The lowest BCUT2D eigenvalue weighted by Gasteiger charge is -2.30. The molecule has 1 atom stereocenters. The Morgan fingerprint density at radius 2 is 1.94 bits per heavy atom. The molecule has 0 rings (SSSR count). The lowest BCUT2D eigenvalue weighted by molar-refractivity contribution is -0.126. The molecule has 0 aliphatic rings. The van der Waals surface area contributed by atoms with Gasteiger partial charge in [-0.15, -0.1) is 0 Å². The monoisotopic (exact) mass is 232 g/mol. The highest BCUT2D eigenvalue weighted by molar-refractivity contribution is 5.82. The Hall–Kier alpha value is -0.650. The normalized spacial score (nSPS) is 13.6. The maximum Gasteiger partial charge on any atom is 0.237 e. The standard InChI is InChI=1S/C11H24N2O3/c1-3-5-6-9(12)10(16)13-11(4-2,7-14)8-15/h9,14-15H,3-8,12H2,1-2H3,(H,13,16). The molecule has 0 spiro atoms. The van der Waals surface area contributed by atoms with Crippen molar-refractivity contribution in [2.24, 2.45) is 5.73 Å². The minimum absolute atomic E-state index is 0.285. The zero-order valence-electron chi connectivity index (χ0n) is 10.2. The lowest BCUT2D eigenvalue weighted by atomic mass is 9.97. The first-order valence-electron chi connectivity index (χ1n) is 5.84. The molecule has 1 amide bonds. The quantitative estimate of drug-likeness (QED) is 0.464. The van der Waals surface area contributed by atoms with Crippen LogP contribution in [0, 0.1) is 0 Å². The van der Waals surface area contributed by atoms with Crippen LogP contribution >= 0.6 is 0 Å². The van der Waals surface area contributed by atoms with Crippen molar-refractivity contribution in [2.45, 2.75) is 51.1 Å². The first-order chi connectivity index (χ1) is 7.55. The minimum atomic E-state index is -0.944. The van der Waals surface area contributed by atoms with Gasteiger partial charge >= 0.3 is 0 Å². The van der Waals surface area contributed by atoms with Crippen molar-refractivity contribution in [3.05, 3.63) is 0 Å². The number of nitrogens with one attached hydrogen (secondary N) is 1. The molecular formula is C11H24N2O3. The van der Waals surface area contributed by atoms with Gasteiger partial charge in [0.15, 0.2) is 0 Å². The summed E-state index contributed by atoms with van der Waals surface area (Å²) in [4.78, 5) is 11.7. The van der Waals surface area contributed by atoms with Gasteiger partial charge in [0, 0.05) is 0 Å². The average molecular weight is 232 g/mol. The number of aliphatic hydroxyl groups is 2. The summed E-state index contributed by atoms with van der Waals surface area (Å²) in [7, 11) is 0. The number of hydrogen-bond acceptors (Lipinski definition) is 4. The SMILES string of the molecule is CCCCC(N)C(=O)NC(CC)(CO)CO. The zero-order chi connectivity index (χ0) is 12.6. The van der Waals surface area contributed by atoms with E-state index < -0.39 is 11.6 Å². The third kappa shape index (κ3) is 4.47. The van der Waals surface area contributed by atoms with E-state index in [0.29, 0.717) is 12.8 Å². The second-order valence-electron chi connectivity index (χ2n) is 4.19. The van der Waals surface area contributed by atoms with Crippen LogP contribution in [0.15, 0.2) is 0 Å². The second kappa shape index (κ2) is 7.60. The maximum atomic E-state index is 11.7. The smallest absolute Gasteiger partial charge is 0.237 e. The summed E-state index contributed by atoms with van der Waals surface area (Å²) in [5.41, 5.74) is 4.76. The predicted octanol–water partition coefficient (Wildman–Crippen LogP) is -0.246. The van der Waals surface area contributed by atoms with Crippen molar-refractivity contribution >= 4 is 5.91 Å². The van der Waals surface area contributed by atoms with E-state index in [9.17, 15) is 4.79 Å². The Labute approximate surface area is 97.0 Å². The lowest BCUT2D eigenvalue weighted by Crippen LogP contribution is -2.57. The molecule has 0 saturated heterocycles. The van der Waals surface area contributed by atoms with Crippen LogP contribution < -0.4 is 11.1 Å². The Kier molecular flexibility index (Phi) is 7.29. The molecule has 0 aromatic heterocycles. The molecular weight excluding hydrogens is 208 g/mol. The number of nitrogens with two attached hydrogens (primary N) is 1. The third-order valence-corrected chi connectivity index (χ3v) is 2.88. The number of carbonyl (C=O) groups is 1. The molecule has 0 aliphatic heterocycles. The summed E-state index contributed by atoms with van der Waals surface area (Å²) >= 11 is 0. The zero-order valence-corrected chi connectivity index (χ0v) is 10.2. The fourth-order valence-corrected chi connectivity index (χ4v) is 1.35. The van der Waals surface area contributed by atoms with Crippen LogP contribution in [0.5, 0.6) is 0 Å². The molecule has 5 N–H and O–H groups in total. The number of amides is 1. The average Bonchev–Trinajstić information content (AvgIpc) is 2.32. The topological polar surface area (TPSA) is 95.6 Å². The molecule has 0 aromatic rings. The largest absolute Gasteiger partial charge is 0.394 e. The minimum Gasteiger partial charge on any atom is -0.394 e. The van der Waals surface area contributed by atoms with Gasteiger partial charge in [0.25, 0.3) is 0 Å². The molecule has 5 nitrogen and oxygen atoms in total. The molecule has 1 unspecified atom stereocenters. The van der Waals surface area contributed by atoms with Gasteiger partial charge in [-0.05, 0) is 12.8 Å². The van der Waals surface area contributed by atoms with Crippen molar-refractivity contribution in [3.63, 3.8) is 0 Å². The molecule has 0 fully saturated rings. The highest BCUT2D eigenvalue weighted by Gasteiger charge is 2.30. The summed E-state index contributed by atoms with van der Waals surface area (Å²) in [5, 5.41) is 21.0. The van der Waals surface area contributed by atoms with E-state index in [1.807, 2.05) is 6.92 Å². The summed E-state index contributed by atoms with van der Waals surface area (Å²) in [6.07, 6.45) is 2.97. The first kappa shape index (κ1) is 15.3. The van der Waals surface area contributed by atoms with Crippen LogP contribution in [0.1, 0.15) is 39.5 Å². The third-order valence-electron chi connectivity index (χ3n) is 2.88. The second-order valence-corrected chi connectivity index (χ2v) is 4.19. The number of rotatable bonds is 8. The van der Waals surface area contributed by atoms with Gasteiger partial charge in [-0.1, -0.05) is 26.7 Å². The molecule has 0 aromatic carbocycles. The summed E-state index contributed by atoms with van der Waals surface area (Å²) in [6.45, 7) is 3.26. The number of aliphatic hydroxyl groups excluding tert-OH is 2. The van der Waals surface area contributed by atoms with E-state index in [1.165, 1.54) is 0 Å². The van der Waals surface area contributed by atoms with Gasteiger partial charge in [0.2, 0.25) is 5.91 Å². The summed E-state index contributed by atoms with van der Waals surface area (Å²) in [5.74, 6) is -0.307. The Morgan fingerprint density at radius 1 is 1.38 bits per heavy atom. The summed E-state index contributed by atoms with van der Waals surface area (Å²) < 4.78 is 0. The van der Waals surface area contributed by atoms with Gasteiger partial charge < -0.3 is 21.3 Å². The van der Waals surface area contributed by atoms with E-state index in [1.54, 1.807) is 6.92 Å². The Morgan fingerprint density at radius 3 is 2.31 bits per heavy atom.